The third-order valence-corrected chi connectivity index (χ3v) is 2.97. The summed E-state index contributed by atoms with van der Waals surface area (Å²) < 4.78 is 36.9. The van der Waals surface area contributed by atoms with Crippen molar-refractivity contribution in [3.05, 3.63) is 48.5 Å². The van der Waals surface area contributed by atoms with Crippen LogP contribution in [0.3, 0.4) is 0 Å². The molecule has 0 aromatic heterocycles. The van der Waals surface area contributed by atoms with Crippen molar-refractivity contribution in [1.29, 1.82) is 0 Å². The number of benzene rings is 2. The number of hydrogen-bond donors (Lipinski definition) is 2. The van der Waals surface area contributed by atoms with Crippen LogP contribution in [0, 0.1) is 0 Å². The van der Waals surface area contributed by atoms with Crippen molar-refractivity contribution in [3.63, 3.8) is 0 Å². The third kappa shape index (κ3) is 5.31. The molecule has 0 radical (unpaired) electrons. The minimum Gasteiger partial charge on any atom is -0.734 e. The first-order valence-corrected chi connectivity index (χ1v) is 7.12. The first kappa shape index (κ1) is 18.0. The molecule has 0 saturated carbocycles. The second-order valence-corrected chi connectivity index (χ2v) is 5.07. The van der Waals surface area contributed by atoms with Crippen LogP contribution in [0.5, 0.6) is 5.75 Å². The standard InChI is InChI=1S/C13H14N2O4S.Na/c1-19-13-8-7-11(10-5-3-2-4-6-10)9-12(13)14-15-20(16,17)18;/h2-9,14-15H,1H3,(H,16,17,18);/q;+1/p-1. The topological polar surface area (TPSA) is 90.5 Å². The van der Waals surface area contributed by atoms with Gasteiger partial charge in [-0.25, -0.2) is 8.42 Å². The van der Waals surface area contributed by atoms with Gasteiger partial charge >= 0.3 is 29.6 Å². The molecule has 0 aliphatic heterocycles. The van der Waals surface area contributed by atoms with Gasteiger partial charge in [0.25, 0.3) is 0 Å². The number of hydrogen-bond acceptors (Lipinski definition) is 5. The Kier molecular flexibility index (Phi) is 6.66. The first-order valence-electron chi connectivity index (χ1n) is 5.72. The molecule has 0 bridgehead atoms. The molecule has 6 nitrogen and oxygen atoms in total. The summed E-state index contributed by atoms with van der Waals surface area (Å²) in [6.45, 7) is 0. The monoisotopic (exact) mass is 316 g/mol. The minimum atomic E-state index is -4.59. The molecule has 2 N–H and O–H groups in total. The van der Waals surface area contributed by atoms with Gasteiger partial charge in [0.2, 0.25) is 0 Å². The molecule has 0 unspecified atom stereocenters. The van der Waals surface area contributed by atoms with Crippen molar-refractivity contribution in [2.24, 2.45) is 0 Å². The fourth-order valence-electron chi connectivity index (χ4n) is 1.73. The molecule has 2 aromatic carbocycles. The van der Waals surface area contributed by atoms with E-state index in [1.807, 2.05) is 36.4 Å². The zero-order valence-electron chi connectivity index (χ0n) is 11.7. The summed E-state index contributed by atoms with van der Waals surface area (Å²) in [7, 11) is -3.14. The fraction of sp³-hybridized carbons (Fsp3) is 0.0769. The van der Waals surface area contributed by atoms with Crippen LogP contribution in [0.25, 0.3) is 11.1 Å². The molecule has 106 valence electrons. The SMILES string of the molecule is COc1ccc(-c2ccccc2)cc1NNS(=O)(=O)[O-].[Na+]. The third-order valence-electron chi connectivity index (χ3n) is 2.62. The Morgan fingerprint density at radius 3 is 2.29 bits per heavy atom. The summed E-state index contributed by atoms with van der Waals surface area (Å²) >= 11 is 0. The van der Waals surface area contributed by atoms with Gasteiger partial charge in [-0.1, -0.05) is 36.4 Å². The van der Waals surface area contributed by atoms with E-state index in [2.05, 4.69) is 5.43 Å². The van der Waals surface area contributed by atoms with Crippen LogP contribution in [-0.2, 0) is 10.3 Å². The van der Waals surface area contributed by atoms with Gasteiger partial charge in [0.15, 0.2) is 10.3 Å². The summed E-state index contributed by atoms with van der Waals surface area (Å²) in [6.07, 6.45) is 0. The molecule has 0 saturated heterocycles. The Morgan fingerprint density at radius 2 is 1.71 bits per heavy atom. The molecule has 2 rings (SSSR count). The second-order valence-electron chi connectivity index (χ2n) is 3.96. The van der Waals surface area contributed by atoms with Crippen molar-refractivity contribution in [3.8, 4) is 16.9 Å². The Hall–Kier alpha value is -1.09. The normalized spacial score (nSPS) is 10.6. The van der Waals surface area contributed by atoms with Gasteiger partial charge in [-0.3, -0.25) is 0 Å². The van der Waals surface area contributed by atoms with Crippen molar-refractivity contribution in [2.45, 2.75) is 0 Å². The summed E-state index contributed by atoms with van der Waals surface area (Å²) in [5, 5.41) is 0. The minimum absolute atomic E-state index is 0. The quantitative estimate of drug-likeness (QED) is 0.408. The molecule has 0 fully saturated rings. The van der Waals surface area contributed by atoms with Gasteiger partial charge in [0, 0.05) is 0 Å². The van der Waals surface area contributed by atoms with Crippen LogP contribution in [0.4, 0.5) is 5.69 Å². The molecule has 0 atom stereocenters. The fourth-order valence-corrected chi connectivity index (χ4v) is 1.97. The van der Waals surface area contributed by atoms with Crippen molar-refractivity contribution in [2.75, 3.05) is 12.5 Å². The molecule has 2 aromatic rings. The van der Waals surface area contributed by atoms with Crippen LogP contribution in [0.15, 0.2) is 48.5 Å². The van der Waals surface area contributed by atoms with E-state index in [1.165, 1.54) is 7.11 Å². The van der Waals surface area contributed by atoms with Crippen LogP contribution < -0.4 is 44.6 Å². The summed E-state index contributed by atoms with van der Waals surface area (Å²) in [4.78, 5) is 1.68. The molecule has 8 heteroatoms. The van der Waals surface area contributed by atoms with Gasteiger partial charge in [-0.05, 0) is 23.3 Å². The van der Waals surface area contributed by atoms with Crippen LogP contribution in [0.2, 0.25) is 0 Å². The van der Waals surface area contributed by atoms with E-state index in [4.69, 9.17) is 4.74 Å². The van der Waals surface area contributed by atoms with Crippen molar-refractivity contribution in [1.82, 2.24) is 4.83 Å². The summed E-state index contributed by atoms with van der Waals surface area (Å²) in [5.74, 6) is 0.417. The number of anilines is 1. The van der Waals surface area contributed by atoms with Gasteiger partial charge in [-0.15, -0.1) is 4.83 Å². The maximum absolute atomic E-state index is 10.6. The summed E-state index contributed by atoms with van der Waals surface area (Å²) in [5.41, 5.74) is 4.52. The smallest absolute Gasteiger partial charge is 0.734 e. The predicted molar refractivity (Wildman–Crippen MR) is 74.9 cm³/mol. The number of ether oxygens (including phenoxy) is 1. The predicted octanol–water partition coefficient (Wildman–Crippen LogP) is -1.26. The molecule has 0 amide bonds. The Balaban J connectivity index is 0.00000220. The van der Waals surface area contributed by atoms with Gasteiger partial charge in [0.1, 0.15) is 5.75 Å². The average Bonchev–Trinajstić information content (AvgIpc) is 2.45. The van der Waals surface area contributed by atoms with Gasteiger partial charge in [-0.2, -0.15) is 0 Å². The molecular weight excluding hydrogens is 303 g/mol. The molecule has 0 aliphatic rings. The molecule has 0 aliphatic carbocycles. The van der Waals surface area contributed by atoms with Crippen molar-refractivity contribution >= 4 is 16.0 Å². The van der Waals surface area contributed by atoms with Crippen LogP contribution in [-0.4, -0.2) is 20.1 Å². The Bertz CT molecular complexity index is 693. The molecular formula is C13H13N2NaO4S. The van der Waals surface area contributed by atoms with Crippen LogP contribution in [0.1, 0.15) is 0 Å². The Morgan fingerprint density at radius 1 is 1.05 bits per heavy atom. The number of methoxy groups -OCH3 is 1. The van der Waals surface area contributed by atoms with Crippen LogP contribution >= 0.6 is 0 Å². The summed E-state index contributed by atoms with van der Waals surface area (Å²) in [6, 6.07) is 14.7. The van der Waals surface area contributed by atoms with E-state index in [0.717, 1.165) is 11.1 Å². The molecule has 21 heavy (non-hydrogen) atoms. The Labute approximate surface area is 145 Å². The van der Waals surface area contributed by atoms with Gasteiger partial charge in [0.05, 0.1) is 12.8 Å². The van der Waals surface area contributed by atoms with E-state index in [-0.39, 0.29) is 29.6 Å². The zero-order valence-corrected chi connectivity index (χ0v) is 14.5. The zero-order chi connectivity index (χ0) is 14.6. The molecule has 0 heterocycles. The van der Waals surface area contributed by atoms with E-state index >= 15 is 0 Å². The first-order chi connectivity index (χ1) is 9.49. The average molecular weight is 316 g/mol. The maximum atomic E-state index is 10.6. The molecule has 0 spiro atoms. The number of hydrazine groups is 1. The van der Waals surface area contributed by atoms with E-state index in [0.29, 0.717) is 11.4 Å². The number of rotatable bonds is 5. The van der Waals surface area contributed by atoms with E-state index in [9.17, 15) is 13.0 Å². The van der Waals surface area contributed by atoms with E-state index in [1.54, 1.807) is 17.0 Å². The van der Waals surface area contributed by atoms with Crippen molar-refractivity contribution < 1.29 is 47.3 Å². The number of nitrogens with one attached hydrogen (secondary N) is 2. The maximum Gasteiger partial charge on any atom is 1.00 e. The van der Waals surface area contributed by atoms with E-state index < -0.39 is 10.3 Å². The second kappa shape index (κ2) is 7.79. The largest absolute Gasteiger partial charge is 1.00 e. The van der Waals surface area contributed by atoms with Gasteiger partial charge < -0.3 is 14.7 Å².